The van der Waals surface area contributed by atoms with E-state index in [4.69, 9.17) is 9.47 Å². The van der Waals surface area contributed by atoms with Crippen molar-refractivity contribution in [2.75, 3.05) is 24.9 Å². The van der Waals surface area contributed by atoms with Gasteiger partial charge in [0.05, 0.1) is 14.2 Å². The first-order chi connectivity index (χ1) is 23.8. The highest BCUT2D eigenvalue weighted by molar-refractivity contribution is 6.11. The van der Waals surface area contributed by atoms with Crippen LogP contribution in [0.3, 0.4) is 0 Å². The summed E-state index contributed by atoms with van der Waals surface area (Å²) < 4.78 is 11.1. The highest BCUT2D eigenvalue weighted by Crippen LogP contribution is 2.37. The van der Waals surface area contributed by atoms with Gasteiger partial charge in [-0.2, -0.15) is 20.5 Å². The number of carbonyl (C=O) groups is 4. The summed E-state index contributed by atoms with van der Waals surface area (Å²) in [4.78, 5) is 50.6. The second-order valence-electron chi connectivity index (χ2n) is 11.8. The van der Waals surface area contributed by atoms with Gasteiger partial charge in [0.1, 0.15) is 22.9 Å². The number of nitrogens with zero attached hydrogens (tertiary/aromatic N) is 4. The van der Waals surface area contributed by atoms with Gasteiger partial charge in [-0.25, -0.2) is 0 Å². The maximum absolute atomic E-state index is 13.0. The molecule has 258 valence electrons. The Morgan fingerprint density at radius 3 is 1.26 bits per heavy atom. The van der Waals surface area contributed by atoms with Gasteiger partial charge in [-0.3, -0.25) is 19.2 Å². The first-order valence-electron chi connectivity index (χ1n) is 15.8. The van der Waals surface area contributed by atoms with E-state index in [-0.39, 0.29) is 0 Å². The fourth-order valence-electron chi connectivity index (χ4n) is 5.07. The predicted octanol–water partition coefficient (Wildman–Crippen LogP) is 7.96. The Bertz CT molecular complexity index is 1860. The predicted molar refractivity (Wildman–Crippen MR) is 192 cm³/mol. The first kappa shape index (κ1) is 36.8. The number of Topliss-reactive ketones (excluding diaryl/α,β-unsaturated/α-hetero) is 2. The number of nitrogens with one attached hydrogen (secondary N) is 2. The fourth-order valence-corrected chi connectivity index (χ4v) is 5.07. The van der Waals surface area contributed by atoms with Gasteiger partial charge < -0.3 is 20.1 Å². The Hall–Kier alpha value is -6.04. The van der Waals surface area contributed by atoms with Crippen LogP contribution >= 0.6 is 0 Å². The highest BCUT2D eigenvalue weighted by atomic mass is 16.5. The van der Waals surface area contributed by atoms with Gasteiger partial charge >= 0.3 is 0 Å². The average Bonchev–Trinajstić information content (AvgIpc) is 3.07. The van der Waals surface area contributed by atoms with Crippen LogP contribution in [0.5, 0.6) is 11.5 Å². The molecule has 2 amide bonds. The normalized spacial score (nSPS) is 12.4. The molecule has 4 aromatic carbocycles. The molecule has 12 heteroatoms. The molecule has 0 aliphatic carbocycles. The molecule has 2 N–H and O–H groups in total. The summed E-state index contributed by atoms with van der Waals surface area (Å²) in [6.07, 6.45) is 0. The molecule has 50 heavy (non-hydrogen) atoms. The van der Waals surface area contributed by atoms with Gasteiger partial charge in [-0.15, -0.1) is 0 Å². The molecule has 0 bridgehead atoms. The Labute approximate surface area is 291 Å². The van der Waals surface area contributed by atoms with E-state index in [1.807, 2.05) is 52.0 Å². The topological polar surface area (TPSA) is 160 Å². The number of benzene rings is 4. The minimum atomic E-state index is -1.36. The lowest BCUT2D eigenvalue weighted by molar-refractivity contribution is -0.127. The van der Waals surface area contributed by atoms with Crippen molar-refractivity contribution in [2.24, 2.45) is 20.5 Å². The summed E-state index contributed by atoms with van der Waals surface area (Å²) >= 11 is 0. The summed E-state index contributed by atoms with van der Waals surface area (Å²) in [6, 6.07) is 18.7. The molecule has 0 unspecified atom stereocenters. The molecule has 4 rings (SSSR count). The Balaban J connectivity index is 1.53. The lowest BCUT2D eigenvalue weighted by Crippen LogP contribution is -2.32. The smallest absolute Gasteiger partial charge is 0.258 e. The molecule has 0 fully saturated rings. The van der Waals surface area contributed by atoms with Crippen LogP contribution in [0.1, 0.15) is 36.1 Å². The van der Waals surface area contributed by atoms with Gasteiger partial charge in [0.15, 0.2) is 11.6 Å². The third kappa shape index (κ3) is 9.10. The molecule has 0 aromatic heterocycles. The van der Waals surface area contributed by atoms with Crippen molar-refractivity contribution >= 4 is 46.1 Å². The number of carbonyl (C=O) groups excluding carboxylic acids is 4. The van der Waals surface area contributed by atoms with Crippen LogP contribution < -0.4 is 20.1 Å². The van der Waals surface area contributed by atoms with Crippen molar-refractivity contribution in [3.8, 4) is 22.6 Å². The zero-order chi connectivity index (χ0) is 36.5. The van der Waals surface area contributed by atoms with Crippen LogP contribution in [0.15, 0.2) is 93.3 Å². The number of ether oxygens (including phenoxy) is 2. The Morgan fingerprint density at radius 1 is 0.560 bits per heavy atom. The van der Waals surface area contributed by atoms with Crippen molar-refractivity contribution in [3.05, 3.63) is 95.1 Å². The minimum Gasteiger partial charge on any atom is -0.494 e. The average molecular weight is 677 g/mol. The van der Waals surface area contributed by atoms with Crippen molar-refractivity contribution < 1.29 is 28.7 Å². The number of anilines is 2. The van der Waals surface area contributed by atoms with E-state index in [0.29, 0.717) is 34.2 Å². The molecule has 0 spiro atoms. The van der Waals surface area contributed by atoms with E-state index in [2.05, 4.69) is 31.1 Å². The molecular weight excluding hydrogens is 636 g/mol. The van der Waals surface area contributed by atoms with E-state index >= 15 is 0 Å². The summed E-state index contributed by atoms with van der Waals surface area (Å²) in [6.45, 7) is 10.2. The number of hydrogen-bond acceptors (Lipinski definition) is 10. The Kier molecular flexibility index (Phi) is 12.1. The monoisotopic (exact) mass is 676 g/mol. The fraction of sp³-hybridized carbons (Fsp3) is 0.263. The van der Waals surface area contributed by atoms with Crippen LogP contribution in [-0.2, 0) is 19.2 Å². The third-order valence-corrected chi connectivity index (χ3v) is 7.80. The van der Waals surface area contributed by atoms with Crippen LogP contribution in [-0.4, -0.2) is 49.7 Å². The molecule has 0 saturated heterocycles. The largest absolute Gasteiger partial charge is 0.494 e. The van der Waals surface area contributed by atoms with Crippen LogP contribution in [0.2, 0.25) is 0 Å². The Morgan fingerprint density at radius 2 is 0.940 bits per heavy atom. The summed E-state index contributed by atoms with van der Waals surface area (Å²) in [5, 5.41) is 22.0. The van der Waals surface area contributed by atoms with E-state index in [1.54, 1.807) is 48.5 Å². The molecule has 4 aromatic rings. The molecule has 0 aliphatic heterocycles. The second-order valence-corrected chi connectivity index (χ2v) is 11.8. The number of hydrogen-bond donors (Lipinski definition) is 2. The van der Waals surface area contributed by atoms with E-state index in [0.717, 1.165) is 33.4 Å². The van der Waals surface area contributed by atoms with Crippen LogP contribution in [0, 0.1) is 27.7 Å². The number of azo groups is 2. The SMILES string of the molecule is COc1cc(-c2ccc(N=N[C@H](C(C)=O)C(=O)Nc3ccc(C)cc3C)c(OC)c2)ccc1N=N[C@H](C(C)=O)C(=O)Nc1ccc(C)cc1C. The highest BCUT2D eigenvalue weighted by Gasteiger charge is 2.25. The second kappa shape index (κ2) is 16.4. The quantitative estimate of drug-likeness (QED) is 0.108. The lowest BCUT2D eigenvalue weighted by atomic mass is 10.0. The van der Waals surface area contributed by atoms with Crippen molar-refractivity contribution in [2.45, 2.75) is 53.6 Å². The van der Waals surface area contributed by atoms with Gasteiger partial charge in [0, 0.05) is 11.4 Å². The standard InChI is InChI=1S/C38H40N6O6/c1-21-9-13-29(23(3)17-21)39-37(47)35(25(5)45)43-41-31-15-11-27(19-33(31)49-7)28-12-16-32(34(20-28)50-8)42-44-36(26(6)46)38(48)40-30-14-10-22(2)18-24(30)4/h9-20,35-36H,1-8H3,(H,39,47)(H,40,48)/t35-,36-/m1/s1. The van der Waals surface area contributed by atoms with Crippen molar-refractivity contribution in [1.29, 1.82) is 0 Å². The van der Waals surface area contributed by atoms with Crippen LogP contribution in [0.25, 0.3) is 11.1 Å². The summed E-state index contributed by atoms with van der Waals surface area (Å²) in [7, 11) is 2.94. The third-order valence-electron chi connectivity index (χ3n) is 7.80. The lowest BCUT2D eigenvalue weighted by Gasteiger charge is -2.13. The maximum Gasteiger partial charge on any atom is 0.258 e. The molecule has 2 atom stereocenters. The summed E-state index contributed by atoms with van der Waals surface area (Å²) in [5.74, 6) is -1.41. The van der Waals surface area contributed by atoms with Crippen molar-refractivity contribution in [1.82, 2.24) is 0 Å². The number of amides is 2. The molecule has 0 saturated carbocycles. The molecule has 12 nitrogen and oxygen atoms in total. The minimum absolute atomic E-state index is 0.314. The van der Waals surface area contributed by atoms with E-state index in [9.17, 15) is 19.2 Å². The van der Waals surface area contributed by atoms with Gasteiger partial charge in [0.2, 0.25) is 12.1 Å². The molecule has 0 heterocycles. The number of rotatable bonds is 13. The zero-order valence-electron chi connectivity index (χ0n) is 29.3. The van der Waals surface area contributed by atoms with Gasteiger partial charge in [-0.05, 0) is 100 Å². The van der Waals surface area contributed by atoms with E-state index < -0.39 is 35.5 Å². The zero-order valence-corrected chi connectivity index (χ0v) is 29.3. The molecule has 0 aliphatic rings. The van der Waals surface area contributed by atoms with E-state index in [1.165, 1.54) is 28.1 Å². The maximum atomic E-state index is 13.0. The van der Waals surface area contributed by atoms with Gasteiger partial charge in [0.25, 0.3) is 11.8 Å². The van der Waals surface area contributed by atoms with Gasteiger partial charge in [-0.1, -0.05) is 47.5 Å². The number of methoxy groups -OCH3 is 2. The number of ketones is 2. The van der Waals surface area contributed by atoms with Crippen LogP contribution in [0.4, 0.5) is 22.7 Å². The molecule has 0 radical (unpaired) electrons. The first-order valence-corrected chi connectivity index (χ1v) is 15.8. The van der Waals surface area contributed by atoms with Crippen molar-refractivity contribution in [3.63, 3.8) is 0 Å². The number of aryl methyl sites for hydroxylation is 4. The molecular formula is C38H40N6O6. The summed E-state index contributed by atoms with van der Waals surface area (Å²) in [5.41, 5.74) is 7.08.